The number of rotatable bonds is 11. The Labute approximate surface area is 153 Å². The van der Waals surface area contributed by atoms with Crippen molar-refractivity contribution in [3.8, 4) is 0 Å². The van der Waals surface area contributed by atoms with Crippen LogP contribution in [0.3, 0.4) is 0 Å². The van der Waals surface area contributed by atoms with Crippen molar-refractivity contribution in [2.45, 2.75) is 84.2 Å². The summed E-state index contributed by atoms with van der Waals surface area (Å²) >= 11 is 0. The lowest BCUT2D eigenvalue weighted by Gasteiger charge is -2.06. The highest BCUT2D eigenvalue weighted by molar-refractivity contribution is 5.92. The summed E-state index contributed by atoms with van der Waals surface area (Å²) in [5, 5.41) is 9.57. The van der Waals surface area contributed by atoms with E-state index in [9.17, 15) is 14.7 Å². The van der Waals surface area contributed by atoms with Crippen molar-refractivity contribution < 1.29 is 19.4 Å². The maximum Gasteiger partial charge on any atom is 0.305 e. The van der Waals surface area contributed by atoms with Gasteiger partial charge in [0.05, 0.1) is 13.2 Å². The van der Waals surface area contributed by atoms with E-state index >= 15 is 0 Å². The van der Waals surface area contributed by atoms with Gasteiger partial charge in [-0.05, 0) is 25.3 Å². The van der Waals surface area contributed by atoms with Gasteiger partial charge in [-0.25, -0.2) is 0 Å². The van der Waals surface area contributed by atoms with Crippen molar-refractivity contribution in [1.29, 1.82) is 0 Å². The van der Waals surface area contributed by atoms with Crippen LogP contribution in [0.25, 0.3) is 0 Å². The summed E-state index contributed by atoms with van der Waals surface area (Å²) in [7, 11) is 1.43. The third-order valence-electron chi connectivity index (χ3n) is 4.11. The van der Waals surface area contributed by atoms with Crippen molar-refractivity contribution in [3.63, 3.8) is 0 Å². The van der Waals surface area contributed by atoms with Gasteiger partial charge in [0.25, 0.3) is 0 Å². The molecule has 2 atom stereocenters. The number of methoxy groups -OCH3 is 1. The maximum absolute atomic E-state index is 10.9. The second kappa shape index (κ2) is 16.1. The summed E-state index contributed by atoms with van der Waals surface area (Å²) in [5.74, 6) is 0.378. The standard InChI is InChI=1S/C13H20O2.C8H16O2/c1-2-3-6-12(14)7-4-5-11-8-9-13(15)10-11;1-3-4-5-6-7-8(9)10-2/h4-5,8-9,11-12,14H,2-3,6-7,10H2,1H3;3-7H2,1-2H3/b5-4+;/t11-,12-;/m0./s1. The molecule has 0 aromatic carbocycles. The number of allylic oxidation sites excluding steroid dienone is 3. The lowest BCUT2D eigenvalue weighted by Crippen LogP contribution is -2.04. The highest BCUT2D eigenvalue weighted by atomic mass is 16.5. The zero-order valence-electron chi connectivity index (χ0n) is 16.2. The average Bonchev–Trinajstić information content (AvgIpc) is 3.02. The number of aliphatic hydroxyl groups is 1. The topological polar surface area (TPSA) is 63.6 Å². The number of ether oxygens (including phenoxy) is 1. The van der Waals surface area contributed by atoms with Gasteiger partial charge in [-0.3, -0.25) is 9.59 Å². The fourth-order valence-electron chi connectivity index (χ4n) is 2.50. The fraction of sp³-hybridized carbons (Fsp3) is 0.714. The van der Waals surface area contributed by atoms with Crippen LogP contribution in [0.2, 0.25) is 0 Å². The normalized spacial score (nSPS) is 17.4. The van der Waals surface area contributed by atoms with Gasteiger partial charge in [0, 0.05) is 18.8 Å². The molecule has 0 saturated heterocycles. The Morgan fingerprint density at radius 3 is 2.56 bits per heavy atom. The molecule has 0 amide bonds. The molecule has 1 N–H and O–H groups in total. The molecule has 4 heteroatoms. The minimum Gasteiger partial charge on any atom is -0.469 e. The number of esters is 1. The fourth-order valence-corrected chi connectivity index (χ4v) is 2.50. The quantitative estimate of drug-likeness (QED) is 0.331. The number of aliphatic hydroxyl groups excluding tert-OH is 1. The van der Waals surface area contributed by atoms with E-state index in [0.717, 1.165) is 32.1 Å². The second-order valence-corrected chi connectivity index (χ2v) is 6.54. The summed E-state index contributed by atoms with van der Waals surface area (Å²) < 4.78 is 4.49. The minimum atomic E-state index is -0.220. The van der Waals surface area contributed by atoms with Crippen molar-refractivity contribution in [2.75, 3.05) is 7.11 Å². The van der Waals surface area contributed by atoms with E-state index in [1.54, 1.807) is 6.08 Å². The molecule has 4 nitrogen and oxygen atoms in total. The van der Waals surface area contributed by atoms with Crippen LogP contribution in [0.1, 0.15) is 78.1 Å². The number of unbranched alkanes of at least 4 members (excludes halogenated alkanes) is 4. The number of carbonyl (C=O) groups is 2. The molecule has 1 aliphatic carbocycles. The molecule has 0 aromatic rings. The largest absolute Gasteiger partial charge is 0.469 e. The zero-order valence-corrected chi connectivity index (χ0v) is 16.2. The molecule has 144 valence electrons. The van der Waals surface area contributed by atoms with Gasteiger partial charge in [-0.2, -0.15) is 0 Å². The minimum absolute atomic E-state index is 0.0869. The van der Waals surface area contributed by atoms with E-state index < -0.39 is 0 Å². The average molecular weight is 353 g/mol. The van der Waals surface area contributed by atoms with Gasteiger partial charge in [-0.1, -0.05) is 64.2 Å². The SMILES string of the molecule is CCCCCCC(=O)OC.CCCC[C@H](O)C/C=C/[C@H]1C=CC(=O)C1. The third-order valence-corrected chi connectivity index (χ3v) is 4.11. The summed E-state index contributed by atoms with van der Waals surface area (Å²) in [6.45, 7) is 4.27. The first-order valence-electron chi connectivity index (χ1n) is 9.66. The molecule has 0 spiro atoms. The molecule has 0 heterocycles. The summed E-state index contributed by atoms with van der Waals surface area (Å²) in [6, 6.07) is 0. The Morgan fingerprint density at radius 2 is 2.00 bits per heavy atom. The number of ketones is 1. The van der Waals surface area contributed by atoms with Crippen LogP contribution in [0.5, 0.6) is 0 Å². The van der Waals surface area contributed by atoms with Gasteiger partial charge in [0.1, 0.15) is 0 Å². The van der Waals surface area contributed by atoms with Crippen LogP contribution in [0.15, 0.2) is 24.3 Å². The molecule has 0 unspecified atom stereocenters. The van der Waals surface area contributed by atoms with E-state index in [1.807, 2.05) is 18.2 Å². The summed E-state index contributed by atoms with van der Waals surface area (Å²) in [4.78, 5) is 21.5. The molecule has 1 rings (SSSR count). The van der Waals surface area contributed by atoms with Crippen molar-refractivity contribution >= 4 is 11.8 Å². The van der Waals surface area contributed by atoms with E-state index in [0.29, 0.717) is 19.3 Å². The van der Waals surface area contributed by atoms with Crippen molar-refractivity contribution in [1.82, 2.24) is 0 Å². The first-order chi connectivity index (χ1) is 12.0. The highest BCUT2D eigenvalue weighted by Crippen LogP contribution is 2.16. The third kappa shape index (κ3) is 14.6. The Kier molecular flexibility index (Phi) is 15.2. The predicted molar refractivity (Wildman–Crippen MR) is 102 cm³/mol. The van der Waals surface area contributed by atoms with Crippen molar-refractivity contribution in [3.05, 3.63) is 24.3 Å². The van der Waals surface area contributed by atoms with Crippen LogP contribution >= 0.6 is 0 Å². The molecule has 0 saturated carbocycles. The summed E-state index contributed by atoms with van der Waals surface area (Å²) in [5.41, 5.74) is 0. The number of carbonyl (C=O) groups excluding carboxylic acids is 2. The van der Waals surface area contributed by atoms with Gasteiger partial charge in [0.15, 0.2) is 5.78 Å². The lowest BCUT2D eigenvalue weighted by molar-refractivity contribution is -0.140. The Balaban J connectivity index is 0.000000504. The molecule has 0 radical (unpaired) electrons. The first kappa shape index (κ1) is 23.6. The Hall–Kier alpha value is -1.42. The number of hydrogen-bond donors (Lipinski definition) is 1. The first-order valence-corrected chi connectivity index (χ1v) is 9.66. The van der Waals surface area contributed by atoms with Crippen LogP contribution in [0, 0.1) is 5.92 Å². The monoisotopic (exact) mass is 352 g/mol. The highest BCUT2D eigenvalue weighted by Gasteiger charge is 2.12. The molecule has 0 bridgehead atoms. The molecule has 0 aromatic heterocycles. The van der Waals surface area contributed by atoms with Gasteiger partial charge >= 0.3 is 5.97 Å². The van der Waals surface area contributed by atoms with Crippen LogP contribution < -0.4 is 0 Å². The number of hydrogen-bond acceptors (Lipinski definition) is 4. The van der Waals surface area contributed by atoms with Gasteiger partial charge in [-0.15, -0.1) is 0 Å². The van der Waals surface area contributed by atoms with Crippen LogP contribution in [0.4, 0.5) is 0 Å². The van der Waals surface area contributed by atoms with Crippen LogP contribution in [-0.4, -0.2) is 30.1 Å². The molecular formula is C21H36O4. The van der Waals surface area contributed by atoms with Gasteiger partial charge in [0.2, 0.25) is 0 Å². The van der Waals surface area contributed by atoms with E-state index in [4.69, 9.17) is 0 Å². The molecule has 25 heavy (non-hydrogen) atoms. The van der Waals surface area contributed by atoms with Crippen LogP contribution in [-0.2, 0) is 14.3 Å². The Bertz CT molecular complexity index is 412. The van der Waals surface area contributed by atoms with E-state index in [-0.39, 0.29) is 23.8 Å². The predicted octanol–water partition coefficient (Wildman–Crippen LogP) is 4.76. The Morgan fingerprint density at radius 1 is 1.28 bits per heavy atom. The van der Waals surface area contributed by atoms with E-state index in [1.165, 1.54) is 20.0 Å². The second-order valence-electron chi connectivity index (χ2n) is 6.54. The molecular weight excluding hydrogens is 316 g/mol. The zero-order chi connectivity index (χ0) is 18.9. The molecule has 0 fully saturated rings. The van der Waals surface area contributed by atoms with Gasteiger partial charge < -0.3 is 9.84 Å². The lowest BCUT2D eigenvalue weighted by atomic mass is 10.1. The molecule has 0 aliphatic heterocycles. The molecule has 1 aliphatic rings. The van der Waals surface area contributed by atoms with Crippen molar-refractivity contribution in [2.24, 2.45) is 5.92 Å². The maximum atomic E-state index is 10.9. The summed E-state index contributed by atoms with van der Waals surface area (Å²) in [6.07, 6.45) is 16.9. The smallest absolute Gasteiger partial charge is 0.305 e. The van der Waals surface area contributed by atoms with E-state index in [2.05, 4.69) is 18.6 Å².